The average Bonchev–Trinajstić information content (AvgIpc) is 2.78. The van der Waals surface area contributed by atoms with E-state index >= 15 is 0 Å². The van der Waals surface area contributed by atoms with E-state index < -0.39 is 10.1 Å². The summed E-state index contributed by atoms with van der Waals surface area (Å²) in [7, 11) is -3.49. The SMILES string of the molecule is CCS(=O)(=O)Oc1nc(-c2ccccc2)cs1. The quantitative estimate of drug-likeness (QED) is 0.800. The topological polar surface area (TPSA) is 56.3 Å². The van der Waals surface area contributed by atoms with Crippen molar-refractivity contribution < 1.29 is 12.6 Å². The minimum absolute atomic E-state index is 0.0623. The normalized spacial score (nSPS) is 11.4. The smallest absolute Gasteiger partial charge is 0.311 e. The van der Waals surface area contributed by atoms with Gasteiger partial charge in [0.1, 0.15) is 0 Å². The zero-order chi connectivity index (χ0) is 12.3. The van der Waals surface area contributed by atoms with Crippen molar-refractivity contribution in [2.45, 2.75) is 6.92 Å². The summed E-state index contributed by atoms with van der Waals surface area (Å²) >= 11 is 1.17. The van der Waals surface area contributed by atoms with Crippen LogP contribution in [0.4, 0.5) is 0 Å². The Hall–Kier alpha value is -1.40. The summed E-state index contributed by atoms with van der Waals surface area (Å²) in [5.41, 5.74) is 1.66. The van der Waals surface area contributed by atoms with E-state index in [-0.39, 0.29) is 10.9 Å². The number of hydrogen-bond donors (Lipinski definition) is 0. The van der Waals surface area contributed by atoms with Crippen LogP contribution in [0.25, 0.3) is 11.3 Å². The summed E-state index contributed by atoms with van der Waals surface area (Å²) in [6, 6.07) is 9.53. The van der Waals surface area contributed by atoms with Gasteiger partial charge in [-0.3, -0.25) is 0 Å². The van der Waals surface area contributed by atoms with Crippen molar-refractivity contribution >= 4 is 21.5 Å². The molecule has 1 aromatic carbocycles. The van der Waals surface area contributed by atoms with Gasteiger partial charge in [-0.2, -0.15) is 8.42 Å². The second-order valence-electron chi connectivity index (χ2n) is 3.29. The van der Waals surface area contributed by atoms with Crippen molar-refractivity contribution in [1.82, 2.24) is 4.98 Å². The molecule has 0 aliphatic heterocycles. The fraction of sp³-hybridized carbons (Fsp3) is 0.182. The van der Waals surface area contributed by atoms with E-state index in [1.807, 2.05) is 30.3 Å². The number of aromatic nitrogens is 1. The lowest BCUT2D eigenvalue weighted by atomic mass is 10.2. The first kappa shape index (κ1) is 12.1. The lowest BCUT2D eigenvalue weighted by molar-refractivity contribution is 0.486. The Labute approximate surface area is 104 Å². The number of rotatable bonds is 4. The summed E-state index contributed by atoms with van der Waals surface area (Å²) in [5.74, 6) is -0.0623. The second kappa shape index (κ2) is 4.85. The third kappa shape index (κ3) is 3.04. The van der Waals surface area contributed by atoms with Gasteiger partial charge in [0.05, 0.1) is 11.4 Å². The highest BCUT2D eigenvalue weighted by Crippen LogP contribution is 2.26. The molecule has 4 nitrogen and oxygen atoms in total. The number of thiazole rings is 1. The highest BCUT2D eigenvalue weighted by atomic mass is 32.2. The van der Waals surface area contributed by atoms with E-state index in [1.165, 1.54) is 18.3 Å². The minimum atomic E-state index is -3.49. The molecule has 0 bridgehead atoms. The first-order valence-corrected chi connectivity index (χ1v) is 7.49. The van der Waals surface area contributed by atoms with Crippen LogP contribution in [-0.2, 0) is 10.1 Å². The standard InChI is InChI=1S/C11H11NO3S2/c1-2-17(13,14)15-11-12-10(8-16-11)9-6-4-3-5-7-9/h3-8H,2H2,1H3. The second-order valence-corrected chi connectivity index (χ2v) is 5.97. The Morgan fingerprint density at radius 2 is 2.00 bits per heavy atom. The molecule has 0 atom stereocenters. The van der Waals surface area contributed by atoms with Crippen LogP contribution < -0.4 is 4.18 Å². The number of benzene rings is 1. The molecule has 17 heavy (non-hydrogen) atoms. The summed E-state index contributed by atoms with van der Waals surface area (Å²) < 4.78 is 27.4. The highest BCUT2D eigenvalue weighted by molar-refractivity contribution is 7.87. The molecule has 0 N–H and O–H groups in total. The van der Waals surface area contributed by atoms with Gasteiger partial charge in [-0.05, 0) is 6.92 Å². The Kier molecular flexibility index (Phi) is 3.44. The van der Waals surface area contributed by atoms with Gasteiger partial charge in [-0.15, -0.1) is 0 Å². The molecule has 6 heteroatoms. The van der Waals surface area contributed by atoms with Crippen LogP contribution in [0, 0.1) is 0 Å². The van der Waals surface area contributed by atoms with Crippen LogP contribution in [0.2, 0.25) is 0 Å². The molecule has 0 aliphatic carbocycles. The van der Waals surface area contributed by atoms with E-state index in [0.29, 0.717) is 0 Å². The molecular formula is C11H11NO3S2. The monoisotopic (exact) mass is 269 g/mol. The summed E-state index contributed by atoms with van der Waals surface area (Å²) in [6.07, 6.45) is 0. The third-order valence-corrected chi connectivity index (χ3v) is 4.05. The predicted octanol–water partition coefficient (Wildman–Crippen LogP) is 2.54. The van der Waals surface area contributed by atoms with Crippen molar-refractivity contribution in [2.75, 3.05) is 5.75 Å². The molecule has 0 saturated carbocycles. The van der Waals surface area contributed by atoms with E-state index in [9.17, 15) is 8.42 Å². The summed E-state index contributed by atoms with van der Waals surface area (Å²) in [4.78, 5) is 4.13. The van der Waals surface area contributed by atoms with Crippen molar-refractivity contribution in [1.29, 1.82) is 0 Å². The van der Waals surface area contributed by atoms with Crippen molar-refractivity contribution in [3.63, 3.8) is 0 Å². The van der Waals surface area contributed by atoms with Crippen LogP contribution >= 0.6 is 11.3 Å². The van der Waals surface area contributed by atoms with Crippen molar-refractivity contribution in [3.05, 3.63) is 35.7 Å². The van der Waals surface area contributed by atoms with Gasteiger partial charge in [-0.1, -0.05) is 41.7 Å². The first-order chi connectivity index (χ1) is 8.11. The zero-order valence-corrected chi connectivity index (χ0v) is 10.8. The molecule has 0 amide bonds. The summed E-state index contributed by atoms with van der Waals surface area (Å²) in [5, 5.41) is 1.93. The first-order valence-electron chi connectivity index (χ1n) is 5.04. The van der Waals surface area contributed by atoms with Crippen molar-refractivity contribution in [2.24, 2.45) is 0 Å². The Bertz CT molecular complexity index is 590. The lowest BCUT2D eigenvalue weighted by Crippen LogP contribution is -2.11. The third-order valence-electron chi connectivity index (χ3n) is 2.10. The van der Waals surface area contributed by atoms with Gasteiger partial charge in [0.25, 0.3) is 5.19 Å². The van der Waals surface area contributed by atoms with E-state index in [2.05, 4.69) is 4.98 Å². The Morgan fingerprint density at radius 1 is 1.29 bits per heavy atom. The molecule has 1 heterocycles. The van der Waals surface area contributed by atoms with Gasteiger partial charge < -0.3 is 4.18 Å². The van der Waals surface area contributed by atoms with Gasteiger partial charge in [0, 0.05) is 10.9 Å². The van der Waals surface area contributed by atoms with E-state index in [1.54, 1.807) is 5.38 Å². The van der Waals surface area contributed by atoms with Crippen LogP contribution in [-0.4, -0.2) is 19.2 Å². The molecule has 0 spiro atoms. The molecular weight excluding hydrogens is 258 g/mol. The number of hydrogen-bond acceptors (Lipinski definition) is 5. The van der Waals surface area contributed by atoms with E-state index in [4.69, 9.17) is 4.18 Å². The van der Waals surface area contributed by atoms with Crippen LogP contribution in [0.3, 0.4) is 0 Å². The van der Waals surface area contributed by atoms with Gasteiger partial charge in [0.15, 0.2) is 0 Å². The highest BCUT2D eigenvalue weighted by Gasteiger charge is 2.13. The maximum absolute atomic E-state index is 11.3. The molecule has 2 aromatic rings. The van der Waals surface area contributed by atoms with Crippen LogP contribution in [0.1, 0.15) is 6.92 Å². The maximum atomic E-state index is 11.3. The number of nitrogens with zero attached hydrogens (tertiary/aromatic N) is 1. The maximum Gasteiger partial charge on any atom is 0.311 e. The van der Waals surface area contributed by atoms with Gasteiger partial charge in [0.2, 0.25) is 0 Å². The largest absolute Gasteiger partial charge is 0.351 e. The Morgan fingerprint density at radius 3 is 2.65 bits per heavy atom. The molecule has 0 fully saturated rings. The van der Waals surface area contributed by atoms with Crippen LogP contribution in [0.5, 0.6) is 5.19 Å². The average molecular weight is 269 g/mol. The summed E-state index contributed by atoms with van der Waals surface area (Å²) in [6.45, 7) is 1.53. The van der Waals surface area contributed by atoms with Gasteiger partial charge in [-0.25, -0.2) is 4.98 Å². The molecule has 1 aromatic heterocycles. The molecule has 2 rings (SSSR count). The molecule has 0 saturated heterocycles. The molecule has 0 radical (unpaired) electrons. The van der Waals surface area contributed by atoms with Crippen LogP contribution in [0.15, 0.2) is 35.7 Å². The molecule has 0 aliphatic rings. The fourth-order valence-corrected chi connectivity index (χ4v) is 2.60. The van der Waals surface area contributed by atoms with E-state index in [0.717, 1.165) is 11.3 Å². The lowest BCUT2D eigenvalue weighted by Gasteiger charge is -1.99. The Balaban J connectivity index is 2.23. The van der Waals surface area contributed by atoms with Gasteiger partial charge >= 0.3 is 10.1 Å². The fourth-order valence-electron chi connectivity index (χ4n) is 1.20. The molecule has 90 valence electrons. The predicted molar refractivity (Wildman–Crippen MR) is 67.6 cm³/mol. The van der Waals surface area contributed by atoms with Crippen molar-refractivity contribution in [3.8, 4) is 16.5 Å². The molecule has 0 unspecified atom stereocenters. The zero-order valence-electron chi connectivity index (χ0n) is 9.16. The minimum Gasteiger partial charge on any atom is -0.351 e.